The zero-order valence-electron chi connectivity index (χ0n) is 16.6. The molecule has 2 amide bonds. The van der Waals surface area contributed by atoms with E-state index in [0.717, 1.165) is 6.42 Å². The summed E-state index contributed by atoms with van der Waals surface area (Å²) in [5.74, 6) is -0.417. The van der Waals surface area contributed by atoms with Crippen molar-refractivity contribution in [2.75, 3.05) is 22.1 Å². The number of rotatable bonds is 6. The molecule has 3 aromatic carbocycles. The molecule has 0 radical (unpaired) electrons. The van der Waals surface area contributed by atoms with Crippen LogP contribution in [0.2, 0.25) is 0 Å². The quantitative estimate of drug-likeness (QED) is 0.447. The fourth-order valence-corrected chi connectivity index (χ4v) is 3.48. The van der Waals surface area contributed by atoms with E-state index >= 15 is 0 Å². The van der Waals surface area contributed by atoms with Crippen molar-refractivity contribution in [1.82, 2.24) is 0 Å². The van der Waals surface area contributed by atoms with Crippen LogP contribution in [-0.2, 0) is 4.79 Å². The van der Waals surface area contributed by atoms with Gasteiger partial charge in [-0.3, -0.25) is 19.7 Å². The molecular formula is C23H20N4O4. The predicted octanol–water partition coefficient (Wildman–Crippen LogP) is 4.72. The van der Waals surface area contributed by atoms with Gasteiger partial charge in [0.05, 0.1) is 4.92 Å². The van der Waals surface area contributed by atoms with Crippen molar-refractivity contribution < 1.29 is 14.5 Å². The second-order valence-electron chi connectivity index (χ2n) is 7.13. The van der Waals surface area contributed by atoms with Gasteiger partial charge in [-0.15, -0.1) is 0 Å². The molecular weight excluding hydrogens is 396 g/mol. The van der Waals surface area contributed by atoms with E-state index in [4.69, 9.17) is 0 Å². The van der Waals surface area contributed by atoms with Crippen LogP contribution in [0.25, 0.3) is 0 Å². The molecule has 1 heterocycles. The van der Waals surface area contributed by atoms with Crippen LogP contribution >= 0.6 is 0 Å². The number of hydrogen-bond donors (Lipinski definition) is 2. The van der Waals surface area contributed by atoms with Gasteiger partial charge >= 0.3 is 0 Å². The van der Waals surface area contributed by atoms with Crippen molar-refractivity contribution in [1.29, 1.82) is 0 Å². The molecule has 3 aromatic rings. The van der Waals surface area contributed by atoms with E-state index in [0.29, 0.717) is 35.7 Å². The van der Waals surface area contributed by atoms with Crippen molar-refractivity contribution in [3.05, 3.63) is 88.5 Å². The van der Waals surface area contributed by atoms with Gasteiger partial charge in [0, 0.05) is 41.7 Å². The Bertz CT molecular complexity index is 1150. The molecule has 0 spiro atoms. The molecule has 0 bridgehead atoms. The molecule has 2 N–H and O–H groups in total. The lowest BCUT2D eigenvalue weighted by Crippen LogP contribution is -2.23. The smallest absolute Gasteiger partial charge is 0.293 e. The first kappa shape index (κ1) is 20.1. The van der Waals surface area contributed by atoms with Gasteiger partial charge in [-0.2, -0.15) is 0 Å². The van der Waals surface area contributed by atoms with Crippen LogP contribution in [0.3, 0.4) is 0 Å². The highest BCUT2D eigenvalue weighted by molar-refractivity contribution is 6.05. The number of carbonyl (C=O) groups is 2. The van der Waals surface area contributed by atoms with E-state index in [9.17, 15) is 19.7 Å². The molecule has 0 atom stereocenters. The fourth-order valence-electron chi connectivity index (χ4n) is 3.48. The number of nitro groups is 1. The maximum absolute atomic E-state index is 12.7. The van der Waals surface area contributed by atoms with E-state index in [-0.39, 0.29) is 17.2 Å². The van der Waals surface area contributed by atoms with E-state index in [2.05, 4.69) is 10.6 Å². The van der Waals surface area contributed by atoms with Gasteiger partial charge in [-0.05, 0) is 48.9 Å². The number of nitrogens with zero attached hydrogens (tertiary/aromatic N) is 2. The number of carbonyl (C=O) groups excluding carboxylic acids is 2. The van der Waals surface area contributed by atoms with Crippen molar-refractivity contribution in [3.63, 3.8) is 0 Å². The predicted molar refractivity (Wildman–Crippen MR) is 119 cm³/mol. The van der Waals surface area contributed by atoms with Crippen LogP contribution in [0.4, 0.5) is 28.4 Å². The zero-order chi connectivity index (χ0) is 21.8. The molecule has 31 heavy (non-hydrogen) atoms. The maximum atomic E-state index is 12.7. The molecule has 1 saturated heterocycles. The minimum atomic E-state index is -0.526. The van der Waals surface area contributed by atoms with Crippen molar-refractivity contribution >= 4 is 40.3 Å². The third-order valence-corrected chi connectivity index (χ3v) is 5.00. The molecule has 1 aliphatic rings. The Labute approximate surface area is 178 Å². The molecule has 4 rings (SSSR count). The molecule has 8 heteroatoms. The average molecular weight is 416 g/mol. The van der Waals surface area contributed by atoms with Gasteiger partial charge < -0.3 is 15.5 Å². The van der Waals surface area contributed by atoms with Gasteiger partial charge in [0.15, 0.2) is 0 Å². The molecule has 1 fully saturated rings. The summed E-state index contributed by atoms with van der Waals surface area (Å²) in [6, 6.07) is 20.4. The van der Waals surface area contributed by atoms with Crippen LogP contribution in [-0.4, -0.2) is 23.3 Å². The van der Waals surface area contributed by atoms with E-state index in [1.165, 1.54) is 18.2 Å². The van der Waals surface area contributed by atoms with Crippen LogP contribution in [0.5, 0.6) is 0 Å². The van der Waals surface area contributed by atoms with Crippen LogP contribution < -0.4 is 15.5 Å². The standard InChI is InChI=1S/C23H20N4O4/c28-22-10-5-13-26(22)19-9-4-8-18(15-19)25-23(29)16-11-12-20(21(14-16)27(30)31)24-17-6-2-1-3-7-17/h1-4,6-9,11-12,14-15,24H,5,10,13H2,(H,25,29). The highest BCUT2D eigenvalue weighted by Crippen LogP contribution is 2.29. The molecule has 156 valence electrons. The third-order valence-electron chi connectivity index (χ3n) is 5.00. The fraction of sp³-hybridized carbons (Fsp3) is 0.130. The second kappa shape index (κ2) is 8.66. The van der Waals surface area contributed by atoms with Crippen molar-refractivity contribution in [2.45, 2.75) is 12.8 Å². The van der Waals surface area contributed by atoms with Crippen molar-refractivity contribution in [3.8, 4) is 0 Å². The number of benzene rings is 3. The first-order valence-corrected chi connectivity index (χ1v) is 9.83. The van der Waals surface area contributed by atoms with Gasteiger partial charge in [-0.1, -0.05) is 24.3 Å². The molecule has 0 unspecified atom stereocenters. The van der Waals surface area contributed by atoms with Crippen molar-refractivity contribution in [2.24, 2.45) is 0 Å². The number of amides is 2. The average Bonchev–Trinajstić information content (AvgIpc) is 3.20. The van der Waals surface area contributed by atoms with E-state index in [1.54, 1.807) is 35.2 Å². The number of hydrogen-bond acceptors (Lipinski definition) is 5. The summed E-state index contributed by atoms with van der Waals surface area (Å²) in [6.07, 6.45) is 1.33. The topological polar surface area (TPSA) is 105 Å². The summed E-state index contributed by atoms with van der Waals surface area (Å²) in [4.78, 5) is 37.4. The highest BCUT2D eigenvalue weighted by Gasteiger charge is 2.22. The van der Waals surface area contributed by atoms with Gasteiger partial charge in [0.2, 0.25) is 5.91 Å². The largest absolute Gasteiger partial charge is 0.350 e. The Morgan fingerprint density at radius 2 is 1.74 bits per heavy atom. The summed E-state index contributed by atoms with van der Waals surface area (Å²) in [5.41, 5.74) is 2.18. The Kier molecular flexibility index (Phi) is 5.61. The van der Waals surface area contributed by atoms with Crippen LogP contribution in [0.15, 0.2) is 72.8 Å². The summed E-state index contributed by atoms with van der Waals surface area (Å²) < 4.78 is 0. The Balaban J connectivity index is 1.54. The van der Waals surface area contributed by atoms with Crippen LogP contribution in [0, 0.1) is 10.1 Å². The second-order valence-corrected chi connectivity index (χ2v) is 7.13. The highest BCUT2D eigenvalue weighted by atomic mass is 16.6. The lowest BCUT2D eigenvalue weighted by atomic mass is 10.1. The molecule has 0 aliphatic carbocycles. The summed E-state index contributed by atoms with van der Waals surface area (Å²) in [5, 5.41) is 17.3. The Hall–Kier alpha value is -4.20. The third kappa shape index (κ3) is 4.53. The Morgan fingerprint density at radius 3 is 2.45 bits per heavy atom. The Morgan fingerprint density at radius 1 is 0.968 bits per heavy atom. The van der Waals surface area contributed by atoms with E-state index in [1.807, 2.05) is 24.3 Å². The van der Waals surface area contributed by atoms with Gasteiger partial charge in [-0.25, -0.2) is 0 Å². The first-order valence-electron chi connectivity index (χ1n) is 9.83. The number of nitro benzene ring substituents is 1. The molecule has 1 aliphatic heterocycles. The summed E-state index contributed by atoms with van der Waals surface area (Å²) >= 11 is 0. The lowest BCUT2D eigenvalue weighted by Gasteiger charge is -2.17. The minimum absolute atomic E-state index is 0.0561. The molecule has 8 nitrogen and oxygen atoms in total. The van der Waals surface area contributed by atoms with E-state index < -0.39 is 10.8 Å². The SMILES string of the molecule is O=C(Nc1cccc(N2CCCC2=O)c1)c1ccc(Nc2ccccc2)c([N+](=O)[O-])c1. The lowest BCUT2D eigenvalue weighted by molar-refractivity contribution is -0.383. The molecule has 0 aromatic heterocycles. The summed E-state index contributed by atoms with van der Waals surface area (Å²) in [7, 11) is 0. The van der Waals surface area contributed by atoms with Gasteiger partial charge in [0.25, 0.3) is 11.6 Å². The number of para-hydroxylation sites is 1. The zero-order valence-corrected chi connectivity index (χ0v) is 16.6. The normalized spacial score (nSPS) is 13.2. The van der Waals surface area contributed by atoms with Crippen LogP contribution in [0.1, 0.15) is 23.2 Å². The number of anilines is 4. The monoisotopic (exact) mass is 416 g/mol. The number of nitrogens with one attached hydrogen (secondary N) is 2. The summed E-state index contributed by atoms with van der Waals surface area (Å²) in [6.45, 7) is 0.651. The molecule has 0 saturated carbocycles. The minimum Gasteiger partial charge on any atom is -0.350 e. The first-order chi connectivity index (χ1) is 15.0. The maximum Gasteiger partial charge on any atom is 0.293 e. The van der Waals surface area contributed by atoms with Gasteiger partial charge in [0.1, 0.15) is 5.69 Å².